The fourth-order valence-electron chi connectivity index (χ4n) is 4.51. The van der Waals surface area contributed by atoms with Gasteiger partial charge in [0.05, 0.1) is 5.69 Å². The van der Waals surface area contributed by atoms with Gasteiger partial charge in [-0.05, 0) is 43.2 Å². The Morgan fingerprint density at radius 1 is 1.10 bits per heavy atom. The second-order valence-corrected chi connectivity index (χ2v) is 8.09. The van der Waals surface area contributed by atoms with Gasteiger partial charge in [-0.3, -0.25) is 9.36 Å². The molecule has 0 amide bonds. The molecule has 3 aromatic rings. The van der Waals surface area contributed by atoms with Crippen molar-refractivity contribution in [1.29, 1.82) is 0 Å². The van der Waals surface area contributed by atoms with Gasteiger partial charge in [0.1, 0.15) is 5.65 Å². The number of anilines is 4. The van der Waals surface area contributed by atoms with E-state index in [2.05, 4.69) is 32.7 Å². The number of nitrogens with two attached hydrogens (primary N) is 1. The largest absolute Gasteiger partial charge is 0.394 e. The molecule has 2 aromatic heterocycles. The zero-order valence-corrected chi connectivity index (χ0v) is 18.2. The SMILES string of the molecule is Cl.Nc1cc2cnc(Nc3ccc(N4CCNCC4)cc3)nc2n(C2CCCC2)c1=O. The lowest BCUT2D eigenvalue weighted by Crippen LogP contribution is -2.43. The van der Waals surface area contributed by atoms with E-state index in [4.69, 9.17) is 10.7 Å². The van der Waals surface area contributed by atoms with Gasteiger partial charge in [-0.25, -0.2) is 4.98 Å². The molecule has 2 aliphatic rings. The Balaban J connectivity index is 0.00000231. The second kappa shape index (κ2) is 9.11. The number of aromatic nitrogens is 3. The molecular formula is C22H28ClN7O. The van der Waals surface area contributed by atoms with Crippen LogP contribution in [0.1, 0.15) is 31.7 Å². The quantitative estimate of drug-likeness (QED) is 0.571. The van der Waals surface area contributed by atoms with Crippen LogP contribution in [0.4, 0.5) is 23.0 Å². The predicted octanol–water partition coefficient (Wildman–Crippen LogP) is 3.06. The Kier molecular flexibility index (Phi) is 6.29. The van der Waals surface area contributed by atoms with E-state index < -0.39 is 0 Å². The summed E-state index contributed by atoms with van der Waals surface area (Å²) < 4.78 is 1.78. The summed E-state index contributed by atoms with van der Waals surface area (Å²) in [4.78, 5) is 24.3. The van der Waals surface area contributed by atoms with Crippen molar-refractivity contribution in [2.24, 2.45) is 0 Å². The molecule has 0 radical (unpaired) electrons. The van der Waals surface area contributed by atoms with Crippen molar-refractivity contribution < 1.29 is 0 Å². The van der Waals surface area contributed by atoms with E-state index in [0.29, 0.717) is 11.6 Å². The lowest BCUT2D eigenvalue weighted by Gasteiger charge is -2.29. The Morgan fingerprint density at radius 3 is 2.52 bits per heavy atom. The van der Waals surface area contributed by atoms with E-state index in [1.165, 1.54) is 5.69 Å². The molecule has 4 N–H and O–H groups in total. The number of benzene rings is 1. The van der Waals surface area contributed by atoms with E-state index in [0.717, 1.165) is 62.9 Å². The molecule has 9 heteroatoms. The third-order valence-corrected chi connectivity index (χ3v) is 6.10. The highest BCUT2D eigenvalue weighted by Crippen LogP contribution is 2.31. The van der Waals surface area contributed by atoms with Crippen molar-refractivity contribution >= 4 is 46.5 Å². The summed E-state index contributed by atoms with van der Waals surface area (Å²) in [6.45, 7) is 4.06. The molecule has 8 nitrogen and oxygen atoms in total. The van der Waals surface area contributed by atoms with E-state index in [9.17, 15) is 4.79 Å². The summed E-state index contributed by atoms with van der Waals surface area (Å²) in [6.07, 6.45) is 5.96. The molecule has 1 aliphatic heterocycles. The van der Waals surface area contributed by atoms with Gasteiger partial charge in [-0.2, -0.15) is 4.98 Å². The summed E-state index contributed by atoms with van der Waals surface area (Å²) in [7, 11) is 0. The second-order valence-electron chi connectivity index (χ2n) is 8.09. The van der Waals surface area contributed by atoms with Crippen LogP contribution in [0.15, 0.2) is 41.3 Å². The van der Waals surface area contributed by atoms with Crippen LogP contribution in [-0.4, -0.2) is 40.7 Å². The number of pyridine rings is 1. The number of piperazine rings is 1. The van der Waals surface area contributed by atoms with Crippen LogP contribution >= 0.6 is 12.4 Å². The summed E-state index contributed by atoms with van der Waals surface area (Å²) in [5.74, 6) is 0.480. The first-order valence-corrected chi connectivity index (χ1v) is 10.7. The molecule has 0 spiro atoms. The molecule has 5 rings (SSSR count). The van der Waals surface area contributed by atoms with Gasteiger partial charge in [-0.1, -0.05) is 12.8 Å². The summed E-state index contributed by atoms with van der Waals surface area (Å²) >= 11 is 0. The normalized spacial score (nSPS) is 17.0. The van der Waals surface area contributed by atoms with Crippen LogP contribution in [0.3, 0.4) is 0 Å². The van der Waals surface area contributed by atoms with E-state index >= 15 is 0 Å². The first-order valence-electron chi connectivity index (χ1n) is 10.7. The van der Waals surface area contributed by atoms with Crippen LogP contribution in [-0.2, 0) is 0 Å². The van der Waals surface area contributed by atoms with Crippen LogP contribution in [0.25, 0.3) is 11.0 Å². The lowest BCUT2D eigenvalue weighted by molar-refractivity contribution is 0.517. The predicted molar refractivity (Wildman–Crippen MR) is 128 cm³/mol. The topological polar surface area (TPSA) is 101 Å². The monoisotopic (exact) mass is 441 g/mol. The number of nitrogens with zero attached hydrogens (tertiary/aromatic N) is 4. The fourth-order valence-corrected chi connectivity index (χ4v) is 4.51. The molecule has 164 valence electrons. The third kappa shape index (κ3) is 4.31. The van der Waals surface area contributed by atoms with Crippen LogP contribution in [0.2, 0.25) is 0 Å². The molecule has 1 saturated carbocycles. The number of halogens is 1. The summed E-state index contributed by atoms with van der Waals surface area (Å²) in [5, 5.41) is 7.44. The lowest BCUT2D eigenvalue weighted by atomic mass is 10.2. The van der Waals surface area contributed by atoms with Crippen molar-refractivity contribution in [3.63, 3.8) is 0 Å². The molecule has 0 atom stereocenters. The molecule has 1 aromatic carbocycles. The highest BCUT2D eigenvalue weighted by molar-refractivity contribution is 5.85. The Hall–Kier alpha value is -2.84. The minimum atomic E-state index is -0.153. The maximum absolute atomic E-state index is 12.8. The van der Waals surface area contributed by atoms with Crippen molar-refractivity contribution in [3.8, 4) is 0 Å². The van der Waals surface area contributed by atoms with Crippen LogP contribution in [0.5, 0.6) is 0 Å². The van der Waals surface area contributed by atoms with Gasteiger partial charge in [0.2, 0.25) is 5.95 Å². The van der Waals surface area contributed by atoms with Crippen molar-refractivity contribution in [1.82, 2.24) is 19.9 Å². The van der Waals surface area contributed by atoms with Gasteiger partial charge >= 0.3 is 0 Å². The number of rotatable bonds is 4. The maximum Gasteiger partial charge on any atom is 0.275 e. The van der Waals surface area contributed by atoms with Crippen LogP contribution < -0.4 is 26.8 Å². The molecular weight excluding hydrogens is 414 g/mol. The average Bonchev–Trinajstić information content (AvgIpc) is 3.30. The van der Waals surface area contributed by atoms with Gasteiger partial charge in [0.25, 0.3) is 5.56 Å². The zero-order chi connectivity index (χ0) is 20.5. The van der Waals surface area contributed by atoms with Gasteiger partial charge < -0.3 is 21.3 Å². The van der Waals surface area contributed by atoms with E-state index in [1.807, 2.05) is 12.1 Å². The standard InChI is InChI=1S/C22H27N7O.ClH/c23-19-13-15-14-25-22(27-20(15)29(21(19)30)18-3-1-2-4-18)26-16-5-7-17(8-6-16)28-11-9-24-10-12-28;/h5-8,13-14,18,24H,1-4,9-12,23H2,(H,25,26,27);1H. The fraction of sp³-hybridized carbons (Fsp3) is 0.409. The average molecular weight is 442 g/mol. The minimum Gasteiger partial charge on any atom is -0.394 e. The van der Waals surface area contributed by atoms with Crippen molar-refractivity contribution in [2.45, 2.75) is 31.7 Å². The van der Waals surface area contributed by atoms with Crippen LogP contribution in [0, 0.1) is 0 Å². The Bertz CT molecular complexity index is 1100. The zero-order valence-electron chi connectivity index (χ0n) is 17.4. The number of nitrogens with one attached hydrogen (secondary N) is 2. The first kappa shape index (κ1) is 21.4. The minimum absolute atomic E-state index is 0. The highest BCUT2D eigenvalue weighted by atomic mass is 35.5. The third-order valence-electron chi connectivity index (χ3n) is 6.10. The molecule has 31 heavy (non-hydrogen) atoms. The Morgan fingerprint density at radius 2 is 1.81 bits per heavy atom. The van der Waals surface area contributed by atoms with Crippen molar-refractivity contribution in [2.75, 3.05) is 42.1 Å². The Labute approximate surface area is 187 Å². The number of hydrogen-bond donors (Lipinski definition) is 3. The van der Waals surface area contributed by atoms with Crippen molar-refractivity contribution in [3.05, 3.63) is 46.9 Å². The maximum atomic E-state index is 12.8. The van der Waals surface area contributed by atoms with Gasteiger partial charge in [-0.15, -0.1) is 12.4 Å². The highest BCUT2D eigenvalue weighted by Gasteiger charge is 2.22. The summed E-state index contributed by atoms with van der Waals surface area (Å²) in [5.41, 5.74) is 8.86. The molecule has 1 saturated heterocycles. The molecule has 1 aliphatic carbocycles. The van der Waals surface area contributed by atoms with E-state index in [1.54, 1.807) is 16.8 Å². The molecule has 3 heterocycles. The number of hydrogen-bond acceptors (Lipinski definition) is 7. The molecule has 2 fully saturated rings. The number of fused-ring (bicyclic) bond motifs is 1. The molecule has 0 bridgehead atoms. The molecule has 0 unspecified atom stereocenters. The van der Waals surface area contributed by atoms with Gasteiger partial charge in [0.15, 0.2) is 0 Å². The number of nitrogen functional groups attached to an aromatic ring is 1. The summed E-state index contributed by atoms with van der Waals surface area (Å²) in [6, 6.07) is 10.1. The first-order chi connectivity index (χ1) is 14.7. The van der Waals surface area contributed by atoms with E-state index in [-0.39, 0.29) is 29.7 Å². The van der Waals surface area contributed by atoms with Gasteiger partial charge in [0, 0.05) is 55.2 Å². The smallest absolute Gasteiger partial charge is 0.275 e.